The van der Waals surface area contributed by atoms with E-state index in [2.05, 4.69) is 20.7 Å². The summed E-state index contributed by atoms with van der Waals surface area (Å²) in [6.07, 6.45) is -6.19. The van der Waals surface area contributed by atoms with Gasteiger partial charge in [0.25, 0.3) is 17.0 Å². The van der Waals surface area contributed by atoms with Crippen LogP contribution in [0, 0.1) is 6.92 Å². The molecule has 1 fully saturated rings. The fourth-order valence-corrected chi connectivity index (χ4v) is 5.13. The minimum Gasteiger partial charge on any atom is -0.463 e. The van der Waals surface area contributed by atoms with Crippen LogP contribution >= 0.6 is 11.8 Å². The van der Waals surface area contributed by atoms with Crippen LogP contribution in [-0.2, 0) is 66.7 Å². The van der Waals surface area contributed by atoms with Gasteiger partial charge in [-0.2, -0.15) is 5.10 Å². The molecule has 6 atom stereocenters. The zero-order valence-corrected chi connectivity index (χ0v) is 29.3. The summed E-state index contributed by atoms with van der Waals surface area (Å²) < 4.78 is 48.3. The molecule has 0 radical (unpaired) electrons. The number of nitrogens with zero attached hydrogens (tertiary/aromatic N) is 3. The Hall–Kier alpha value is -5.31. The monoisotopic (exact) mass is 740 g/mol. The van der Waals surface area contributed by atoms with Crippen LogP contribution in [0.1, 0.15) is 59.2 Å². The maximum Gasteiger partial charge on any atom is 0.303 e. The van der Waals surface area contributed by atoms with Crippen molar-refractivity contribution >= 4 is 59.7 Å². The molecule has 0 aromatic carbocycles. The van der Waals surface area contributed by atoms with Gasteiger partial charge in [0.15, 0.2) is 36.6 Å². The molecule has 3 rings (SSSR count). The lowest BCUT2D eigenvalue weighted by Gasteiger charge is -2.29. The average molecular weight is 741 g/mol. The highest BCUT2D eigenvalue weighted by molar-refractivity contribution is 7.99. The first kappa shape index (κ1) is 40.1. The Morgan fingerprint density at radius 1 is 0.902 bits per heavy atom. The Morgan fingerprint density at radius 3 is 2.18 bits per heavy atom. The Balaban J connectivity index is 1.67. The molecule has 1 N–H and O–H groups in total. The first-order valence-corrected chi connectivity index (χ1v) is 16.0. The second-order valence-electron chi connectivity index (χ2n) is 10.7. The number of carbonyl (C=O) groups is 7. The van der Waals surface area contributed by atoms with Crippen molar-refractivity contribution < 1.29 is 75.6 Å². The standard InChI is InChI=1S/C30H36N4O16S/c1-13-20(8-21(44-13)27-28(49-19(7)40)24(11-43-27)47-17(5)38)29-33-34-30(50-29)51-12-25(41)32-31-9-22(45-15(3)36)26(48-18(6)39)23(46-16(4)37)10-42-14(2)35/h8-9,22-24,26-28H,10-12H2,1-7H3,(H,32,41)/b31-9+/t22-,23+,24+,26+,27-,28+/m0/s1. The number of rotatable bonds is 16. The maximum atomic E-state index is 12.6. The van der Waals surface area contributed by atoms with Crippen molar-refractivity contribution in [1.82, 2.24) is 15.6 Å². The van der Waals surface area contributed by atoms with Crippen LogP contribution in [0.25, 0.3) is 11.5 Å². The van der Waals surface area contributed by atoms with Gasteiger partial charge in [-0.15, -0.1) is 10.2 Å². The van der Waals surface area contributed by atoms with E-state index in [9.17, 15) is 33.6 Å². The Labute approximate surface area is 294 Å². The number of hydrogen-bond donors (Lipinski definition) is 1. The third kappa shape index (κ3) is 12.5. The van der Waals surface area contributed by atoms with Crippen LogP contribution in [0.15, 0.2) is 25.2 Å². The summed E-state index contributed by atoms with van der Waals surface area (Å²) in [6.45, 7) is 7.75. The molecule has 1 aliphatic heterocycles. The van der Waals surface area contributed by atoms with E-state index in [1.807, 2.05) is 0 Å². The molecule has 21 heteroatoms. The van der Waals surface area contributed by atoms with Crippen molar-refractivity contribution in [2.75, 3.05) is 19.0 Å². The number of aryl methyl sites for hydroxylation is 1. The van der Waals surface area contributed by atoms with Gasteiger partial charge in [0.2, 0.25) is 0 Å². The lowest BCUT2D eigenvalue weighted by Crippen LogP contribution is -2.48. The third-order valence-corrected chi connectivity index (χ3v) is 7.20. The highest BCUT2D eigenvalue weighted by atomic mass is 32.2. The minimum absolute atomic E-state index is 0.00138. The average Bonchev–Trinajstić information content (AvgIpc) is 3.74. The van der Waals surface area contributed by atoms with Gasteiger partial charge in [-0.1, -0.05) is 11.8 Å². The summed E-state index contributed by atoms with van der Waals surface area (Å²) in [6, 6.07) is 1.55. The van der Waals surface area contributed by atoms with E-state index in [1.165, 1.54) is 13.8 Å². The van der Waals surface area contributed by atoms with Crippen molar-refractivity contribution in [3.8, 4) is 11.5 Å². The van der Waals surface area contributed by atoms with E-state index in [0.29, 0.717) is 11.3 Å². The van der Waals surface area contributed by atoms with E-state index in [1.54, 1.807) is 13.0 Å². The molecule has 51 heavy (non-hydrogen) atoms. The van der Waals surface area contributed by atoms with Crippen LogP contribution in [-0.4, -0.2) is 108 Å². The first-order chi connectivity index (χ1) is 24.0. The quantitative estimate of drug-likeness (QED) is 0.0831. The van der Waals surface area contributed by atoms with Crippen molar-refractivity contribution in [2.45, 2.75) is 90.3 Å². The number of hydrazone groups is 1. The van der Waals surface area contributed by atoms with Gasteiger partial charge >= 0.3 is 35.8 Å². The van der Waals surface area contributed by atoms with Gasteiger partial charge in [-0.3, -0.25) is 33.6 Å². The predicted molar refractivity (Wildman–Crippen MR) is 167 cm³/mol. The molecule has 2 aromatic rings. The number of carbonyl (C=O) groups excluding carboxylic acids is 7. The number of thioether (sulfide) groups is 1. The molecule has 3 heterocycles. The van der Waals surface area contributed by atoms with Gasteiger partial charge in [-0.25, -0.2) is 5.43 Å². The van der Waals surface area contributed by atoms with Gasteiger partial charge in [0.1, 0.15) is 18.1 Å². The lowest BCUT2D eigenvalue weighted by atomic mass is 10.1. The Kier molecular flexibility index (Phi) is 14.6. The zero-order chi connectivity index (χ0) is 37.8. The van der Waals surface area contributed by atoms with Crippen LogP contribution in [0.5, 0.6) is 0 Å². The maximum absolute atomic E-state index is 12.6. The Bertz CT molecular complexity index is 1640. The second-order valence-corrected chi connectivity index (χ2v) is 11.6. The van der Waals surface area contributed by atoms with Crippen molar-refractivity contribution in [3.63, 3.8) is 0 Å². The molecule has 0 bridgehead atoms. The summed E-state index contributed by atoms with van der Waals surface area (Å²) in [7, 11) is 0. The number of amides is 1. The Morgan fingerprint density at radius 2 is 1.57 bits per heavy atom. The zero-order valence-electron chi connectivity index (χ0n) is 28.5. The van der Waals surface area contributed by atoms with E-state index in [4.69, 9.17) is 42.0 Å². The van der Waals surface area contributed by atoms with Crippen molar-refractivity contribution in [1.29, 1.82) is 0 Å². The van der Waals surface area contributed by atoms with Crippen LogP contribution in [0.4, 0.5) is 0 Å². The summed E-state index contributed by atoms with van der Waals surface area (Å²) in [5.41, 5.74) is 2.60. The molecule has 0 unspecified atom stereocenters. The largest absolute Gasteiger partial charge is 0.463 e. The number of esters is 6. The molecule has 1 saturated heterocycles. The normalized spacial score (nSPS) is 18.6. The molecule has 1 amide bonds. The van der Waals surface area contributed by atoms with Gasteiger partial charge < -0.3 is 42.0 Å². The summed E-state index contributed by atoms with van der Waals surface area (Å²) in [5, 5.41) is 11.7. The summed E-state index contributed by atoms with van der Waals surface area (Å²) >= 11 is 0.852. The summed E-state index contributed by atoms with van der Waals surface area (Å²) in [5.74, 6) is -4.70. The predicted octanol–water partition coefficient (Wildman–Crippen LogP) is 1.13. The second kappa shape index (κ2) is 18.6. The van der Waals surface area contributed by atoms with E-state index >= 15 is 0 Å². The summed E-state index contributed by atoms with van der Waals surface area (Å²) in [4.78, 5) is 82.5. The topological polar surface area (TPSA) is 261 Å². The number of hydrogen-bond acceptors (Lipinski definition) is 20. The van der Waals surface area contributed by atoms with Crippen molar-refractivity contribution in [3.05, 3.63) is 17.6 Å². The van der Waals surface area contributed by atoms with Crippen LogP contribution in [0.2, 0.25) is 0 Å². The highest BCUT2D eigenvalue weighted by Gasteiger charge is 2.45. The smallest absolute Gasteiger partial charge is 0.303 e. The fraction of sp³-hybridized carbons (Fsp3) is 0.533. The van der Waals surface area contributed by atoms with Gasteiger partial charge in [0, 0.05) is 41.5 Å². The number of ether oxygens (including phenoxy) is 7. The van der Waals surface area contributed by atoms with Crippen LogP contribution in [0.3, 0.4) is 0 Å². The molecule has 0 spiro atoms. The lowest BCUT2D eigenvalue weighted by molar-refractivity contribution is -0.183. The molecule has 0 aliphatic carbocycles. The van der Waals surface area contributed by atoms with Gasteiger partial charge in [-0.05, 0) is 13.0 Å². The third-order valence-electron chi connectivity index (χ3n) is 6.38. The molecule has 1 aliphatic rings. The molecular weight excluding hydrogens is 704 g/mol. The minimum atomic E-state index is -1.52. The molecule has 2 aromatic heterocycles. The highest BCUT2D eigenvalue weighted by Crippen LogP contribution is 2.38. The van der Waals surface area contributed by atoms with E-state index in [0.717, 1.165) is 45.7 Å². The van der Waals surface area contributed by atoms with Crippen molar-refractivity contribution in [2.24, 2.45) is 5.10 Å². The molecular formula is C30H36N4O16S. The molecule has 20 nitrogen and oxygen atoms in total. The molecule has 0 saturated carbocycles. The van der Waals surface area contributed by atoms with Gasteiger partial charge in [0.05, 0.1) is 24.1 Å². The van der Waals surface area contributed by atoms with E-state index < -0.39 is 85.0 Å². The number of aromatic nitrogens is 2. The fourth-order valence-electron chi connectivity index (χ4n) is 4.58. The van der Waals surface area contributed by atoms with Crippen LogP contribution < -0.4 is 5.43 Å². The first-order valence-electron chi connectivity index (χ1n) is 15.0. The van der Waals surface area contributed by atoms with E-state index in [-0.39, 0.29) is 29.2 Å². The molecule has 278 valence electrons. The number of nitrogens with one attached hydrogen (secondary N) is 1. The number of furan rings is 1. The SMILES string of the molecule is CC(=O)OC[C@@H](OC(C)=O)[C@H](OC(C)=O)[C@H](/C=N/NC(=O)CSc1nnc(-c2cc([C@@H]3OC[C@@H](OC(C)=O)[C@H]3OC(C)=O)oc2C)o1)OC(C)=O.